The van der Waals surface area contributed by atoms with E-state index in [0.717, 1.165) is 6.07 Å². The lowest BCUT2D eigenvalue weighted by Gasteiger charge is -2.23. The third kappa shape index (κ3) is 2.59. The summed E-state index contributed by atoms with van der Waals surface area (Å²) in [5, 5.41) is 9.41. The Morgan fingerprint density at radius 2 is 2.11 bits per heavy atom. The second-order valence-corrected chi connectivity index (χ2v) is 4.44. The molecule has 0 bridgehead atoms. The number of aliphatic hydroxyl groups is 1. The topological polar surface area (TPSA) is 49.5 Å². The number of hydrogen-bond donors (Lipinski definition) is 2. The van der Waals surface area contributed by atoms with E-state index in [1.54, 1.807) is 11.0 Å². The maximum Gasteiger partial charge on any atom is 0.418 e. The summed E-state index contributed by atoms with van der Waals surface area (Å²) in [6.45, 7) is 0.753. The first kappa shape index (κ1) is 13.2. The van der Waals surface area contributed by atoms with Crippen molar-refractivity contribution in [3.05, 3.63) is 29.3 Å². The van der Waals surface area contributed by atoms with Gasteiger partial charge in [0, 0.05) is 25.3 Å². The summed E-state index contributed by atoms with van der Waals surface area (Å²) in [4.78, 5) is 1.56. The summed E-state index contributed by atoms with van der Waals surface area (Å²) in [6, 6.07) is 4.11. The molecule has 100 valence electrons. The fraction of sp³-hybridized carbons (Fsp3) is 0.500. The van der Waals surface area contributed by atoms with E-state index in [-0.39, 0.29) is 18.8 Å². The summed E-state index contributed by atoms with van der Waals surface area (Å²) in [5.74, 6) is 0. The molecule has 0 spiro atoms. The summed E-state index contributed by atoms with van der Waals surface area (Å²) in [5.41, 5.74) is 5.26. The van der Waals surface area contributed by atoms with Gasteiger partial charge < -0.3 is 15.7 Å². The number of β-amino-alcohol motifs (C(OH)–C–C–N with tert-alkyl or cyclic N) is 1. The second kappa shape index (κ2) is 4.78. The minimum absolute atomic E-state index is 0.0754. The molecule has 3 N–H and O–H groups in total. The third-order valence-electron chi connectivity index (χ3n) is 3.11. The molecule has 0 aromatic heterocycles. The summed E-state index contributed by atoms with van der Waals surface area (Å²) in [6.07, 6.45) is -4.47. The van der Waals surface area contributed by atoms with Gasteiger partial charge in [-0.1, -0.05) is 6.07 Å². The van der Waals surface area contributed by atoms with Crippen molar-refractivity contribution in [2.24, 2.45) is 5.73 Å². The number of benzene rings is 1. The summed E-state index contributed by atoms with van der Waals surface area (Å²) >= 11 is 0. The SMILES string of the molecule is NCc1ccc(N2CCC(O)C2)c(C(F)(F)F)c1. The fourth-order valence-corrected chi connectivity index (χ4v) is 2.17. The van der Waals surface area contributed by atoms with Crippen LogP contribution in [0.15, 0.2) is 18.2 Å². The van der Waals surface area contributed by atoms with Gasteiger partial charge in [-0.15, -0.1) is 0 Å². The van der Waals surface area contributed by atoms with E-state index in [1.165, 1.54) is 6.07 Å². The Balaban J connectivity index is 2.40. The first-order chi connectivity index (χ1) is 8.41. The van der Waals surface area contributed by atoms with E-state index in [4.69, 9.17) is 5.73 Å². The van der Waals surface area contributed by atoms with Crippen molar-refractivity contribution in [3.8, 4) is 0 Å². The highest BCUT2D eigenvalue weighted by atomic mass is 19.4. The predicted molar refractivity (Wildman–Crippen MR) is 62.2 cm³/mol. The number of rotatable bonds is 2. The van der Waals surface area contributed by atoms with Crippen LogP contribution in [0, 0.1) is 0 Å². The van der Waals surface area contributed by atoms with Crippen LogP contribution in [0.3, 0.4) is 0 Å². The quantitative estimate of drug-likeness (QED) is 0.851. The standard InChI is InChI=1S/C12H15F3N2O/c13-12(14,15)10-5-8(6-16)1-2-11(10)17-4-3-9(18)7-17/h1-2,5,9,18H,3-4,6-7,16H2. The van der Waals surface area contributed by atoms with Crippen molar-refractivity contribution in [3.63, 3.8) is 0 Å². The molecule has 1 atom stereocenters. The normalized spacial score (nSPS) is 20.5. The van der Waals surface area contributed by atoms with Crippen molar-refractivity contribution in [2.45, 2.75) is 25.2 Å². The van der Waals surface area contributed by atoms with Crippen LogP contribution < -0.4 is 10.6 Å². The maximum atomic E-state index is 13.0. The molecule has 3 nitrogen and oxygen atoms in total. The zero-order chi connectivity index (χ0) is 13.3. The van der Waals surface area contributed by atoms with Crippen molar-refractivity contribution < 1.29 is 18.3 Å². The van der Waals surface area contributed by atoms with Gasteiger partial charge in [-0.3, -0.25) is 0 Å². The number of halogens is 3. The van der Waals surface area contributed by atoms with Crippen LogP contribution in [0.2, 0.25) is 0 Å². The molecule has 1 aliphatic rings. The third-order valence-corrected chi connectivity index (χ3v) is 3.11. The minimum Gasteiger partial charge on any atom is -0.391 e. The number of hydrogen-bond acceptors (Lipinski definition) is 3. The van der Waals surface area contributed by atoms with Crippen LogP contribution in [0.1, 0.15) is 17.5 Å². The van der Waals surface area contributed by atoms with Gasteiger partial charge in [-0.25, -0.2) is 0 Å². The lowest BCUT2D eigenvalue weighted by molar-refractivity contribution is -0.137. The first-order valence-corrected chi connectivity index (χ1v) is 5.75. The molecule has 1 heterocycles. The Bertz CT molecular complexity index is 434. The highest BCUT2D eigenvalue weighted by Gasteiger charge is 2.36. The van der Waals surface area contributed by atoms with E-state index in [2.05, 4.69) is 0 Å². The van der Waals surface area contributed by atoms with E-state index >= 15 is 0 Å². The molecule has 6 heteroatoms. The van der Waals surface area contributed by atoms with Crippen LogP contribution in [0.4, 0.5) is 18.9 Å². The van der Waals surface area contributed by atoms with Crippen LogP contribution in [0.25, 0.3) is 0 Å². The molecule has 2 rings (SSSR count). The molecule has 1 saturated heterocycles. The number of nitrogens with two attached hydrogens (primary N) is 1. The average molecular weight is 260 g/mol. The maximum absolute atomic E-state index is 13.0. The molecule has 1 fully saturated rings. The molecule has 1 aromatic rings. The van der Waals surface area contributed by atoms with Gasteiger partial charge in [-0.05, 0) is 24.1 Å². The van der Waals surface area contributed by atoms with E-state index in [1.807, 2.05) is 0 Å². The molecular weight excluding hydrogens is 245 g/mol. The van der Waals surface area contributed by atoms with Crippen LogP contribution in [-0.4, -0.2) is 24.3 Å². The van der Waals surface area contributed by atoms with Gasteiger partial charge in [0.25, 0.3) is 0 Å². The highest BCUT2D eigenvalue weighted by molar-refractivity contribution is 5.57. The van der Waals surface area contributed by atoms with Gasteiger partial charge >= 0.3 is 6.18 Å². The zero-order valence-electron chi connectivity index (χ0n) is 9.74. The van der Waals surface area contributed by atoms with Crippen molar-refractivity contribution in [1.29, 1.82) is 0 Å². The average Bonchev–Trinajstić information content (AvgIpc) is 2.74. The fourth-order valence-electron chi connectivity index (χ4n) is 2.17. The monoisotopic (exact) mass is 260 g/mol. The molecule has 18 heavy (non-hydrogen) atoms. The molecular formula is C12H15F3N2O. The summed E-state index contributed by atoms with van der Waals surface area (Å²) < 4.78 is 39.0. The Hall–Kier alpha value is -1.27. The number of nitrogens with zero attached hydrogens (tertiary/aromatic N) is 1. The van der Waals surface area contributed by atoms with Gasteiger partial charge in [0.15, 0.2) is 0 Å². The van der Waals surface area contributed by atoms with E-state index in [9.17, 15) is 18.3 Å². The molecule has 0 aliphatic carbocycles. The van der Waals surface area contributed by atoms with Crippen LogP contribution >= 0.6 is 0 Å². The van der Waals surface area contributed by atoms with E-state index in [0.29, 0.717) is 18.5 Å². The molecule has 1 aliphatic heterocycles. The first-order valence-electron chi connectivity index (χ1n) is 5.75. The van der Waals surface area contributed by atoms with Crippen molar-refractivity contribution in [2.75, 3.05) is 18.0 Å². The highest BCUT2D eigenvalue weighted by Crippen LogP contribution is 2.38. The van der Waals surface area contributed by atoms with Crippen LogP contribution in [-0.2, 0) is 12.7 Å². The molecule has 0 saturated carbocycles. The lowest BCUT2D eigenvalue weighted by Crippen LogP contribution is -2.24. The van der Waals surface area contributed by atoms with E-state index < -0.39 is 17.8 Å². The Morgan fingerprint density at radius 1 is 1.39 bits per heavy atom. The van der Waals surface area contributed by atoms with Gasteiger partial charge in [0.2, 0.25) is 0 Å². The van der Waals surface area contributed by atoms with Crippen molar-refractivity contribution in [1.82, 2.24) is 0 Å². The largest absolute Gasteiger partial charge is 0.418 e. The lowest BCUT2D eigenvalue weighted by atomic mass is 10.1. The Kier molecular flexibility index (Phi) is 3.49. The second-order valence-electron chi connectivity index (χ2n) is 4.44. The number of aliphatic hydroxyl groups excluding tert-OH is 1. The zero-order valence-corrected chi connectivity index (χ0v) is 9.74. The number of anilines is 1. The molecule has 1 unspecified atom stereocenters. The molecule has 0 radical (unpaired) electrons. The van der Waals surface area contributed by atoms with Crippen LogP contribution in [0.5, 0.6) is 0 Å². The summed E-state index contributed by atoms with van der Waals surface area (Å²) in [7, 11) is 0. The van der Waals surface area contributed by atoms with Gasteiger partial charge in [0.1, 0.15) is 0 Å². The number of alkyl halides is 3. The van der Waals surface area contributed by atoms with Gasteiger partial charge in [-0.2, -0.15) is 13.2 Å². The van der Waals surface area contributed by atoms with Gasteiger partial charge in [0.05, 0.1) is 11.7 Å². The molecule has 1 aromatic carbocycles. The smallest absolute Gasteiger partial charge is 0.391 e. The molecule has 0 amide bonds. The Morgan fingerprint density at radius 3 is 2.61 bits per heavy atom. The minimum atomic E-state index is -4.41. The Labute approximate surface area is 103 Å². The predicted octanol–water partition coefficient (Wildman–Crippen LogP) is 1.74. The van der Waals surface area contributed by atoms with Crippen molar-refractivity contribution >= 4 is 5.69 Å².